The van der Waals surface area contributed by atoms with E-state index in [1.54, 1.807) is 13.0 Å². The van der Waals surface area contributed by atoms with E-state index in [4.69, 9.17) is 9.84 Å². The molecule has 0 aliphatic rings. The van der Waals surface area contributed by atoms with Crippen molar-refractivity contribution in [2.75, 3.05) is 13.7 Å². The van der Waals surface area contributed by atoms with Crippen LogP contribution in [0.2, 0.25) is 0 Å². The van der Waals surface area contributed by atoms with Gasteiger partial charge in [-0.1, -0.05) is 19.1 Å². The number of ether oxygens (including phenoxy) is 1. The molecule has 0 aliphatic heterocycles. The molecular weight excluding hydrogens is 253 g/mol. The first-order valence-corrected chi connectivity index (χ1v) is 5.83. The van der Waals surface area contributed by atoms with Crippen molar-refractivity contribution in [3.8, 4) is 5.75 Å². The number of amides is 1. The van der Waals surface area contributed by atoms with Crippen molar-refractivity contribution < 1.29 is 23.8 Å². The third kappa shape index (κ3) is 3.94. The Bertz CT molecular complexity index is 464. The van der Waals surface area contributed by atoms with Gasteiger partial charge in [-0.05, 0) is 18.6 Å². The maximum Gasteiger partial charge on any atom is 0.326 e. The predicted molar refractivity (Wildman–Crippen MR) is 66.4 cm³/mol. The van der Waals surface area contributed by atoms with E-state index < -0.39 is 30.3 Å². The number of nitrogens with zero attached hydrogens (tertiary/aromatic N) is 1. The van der Waals surface area contributed by atoms with Crippen LogP contribution in [0.5, 0.6) is 5.75 Å². The van der Waals surface area contributed by atoms with E-state index in [-0.39, 0.29) is 12.2 Å². The van der Waals surface area contributed by atoms with Crippen LogP contribution in [0.25, 0.3) is 0 Å². The number of halogens is 1. The molecular formula is C13H16FNO4. The van der Waals surface area contributed by atoms with Crippen LogP contribution < -0.4 is 4.74 Å². The van der Waals surface area contributed by atoms with Gasteiger partial charge in [-0.2, -0.15) is 0 Å². The van der Waals surface area contributed by atoms with Gasteiger partial charge in [0, 0.05) is 7.05 Å². The van der Waals surface area contributed by atoms with E-state index in [1.807, 2.05) is 0 Å². The minimum atomic E-state index is -1.08. The molecule has 0 fully saturated rings. The third-order valence-corrected chi connectivity index (χ3v) is 2.72. The highest BCUT2D eigenvalue weighted by atomic mass is 19.1. The summed E-state index contributed by atoms with van der Waals surface area (Å²) in [7, 11) is 1.38. The Morgan fingerprint density at radius 2 is 2.05 bits per heavy atom. The monoisotopic (exact) mass is 269 g/mol. The molecule has 0 spiro atoms. The molecule has 5 nitrogen and oxygen atoms in total. The van der Waals surface area contributed by atoms with Crippen molar-refractivity contribution in [2.24, 2.45) is 0 Å². The molecule has 1 aromatic rings. The number of aliphatic carboxylic acids is 1. The van der Waals surface area contributed by atoms with Gasteiger partial charge < -0.3 is 14.7 Å². The molecule has 0 aliphatic carbocycles. The van der Waals surface area contributed by atoms with Crippen LogP contribution in [0.15, 0.2) is 24.3 Å². The molecule has 1 unspecified atom stereocenters. The number of para-hydroxylation sites is 1. The average Bonchev–Trinajstić information content (AvgIpc) is 2.37. The summed E-state index contributed by atoms with van der Waals surface area (Å²) in [5.41, 5.74) is 0. The van der Waals surface area contributed by atoms with Crippen molar-refractivity contribution in [3.63, 3.8) is 0 Å². The first kappa shape index (κ1) is 14.9. The van der Waals surface area contributed by atoms with Crippen molar-refractivity contribution in [3.05, 3.63) is 30.1 Å². The van der Waals surface area contributed by atoms with E-state index in [2.05, 4.69) is 0 Å². The van der Waals surface area contributed by atoms with Crippen LogP contribution in [-0.2, 0) is 9.59 Å². The van der Waals surface area contributed by atoms with Crippen molar-refractivity contribution in [1.82, 2.24) is 4.90 Å². The van der Waals surface area contributed by atoms with E-state index >= 15 is 0 Å². The summed E-state index contributed by atoms with van der Waals surface area (Å²) in [6.07, 6.45) is 0.289. The van der Waals surface area contributed by atoms with E-state index in [9.17, 15) is 14.0 Å². The second kappa shape index (κ2) is 6.72. The van der Waals surface area contributed by atoms with Crippen molar-refractivity contribution in [2.45, 2.75) is 19.4 Å². The fourth-order valence-corrected chi connectivity index (χ4v) is 1.59. The van der Waals surface area contributed by atoms with Gasteiger partial charge in [0.05, 0.1) is 0 Å². The largest absolute Gasteiger partial charge is 0.481 e. The maximum absolute atomic E-state index is 13.3. The van der Waals surface area contributed by atoms with E-state index in [0.717, 1.165) is 4.90 Å². The number of benzene rings is 1. The molecule has 0 saturated carbocycles. The third-order valence-electron chi connectivity index (χ3n) is 2.72. The van der Waals surface area contributed by atoms with Gasteiger partial charge in [0.25, 0.3) is 5.91 Å². The zero-order valence-electron chi connectivity index (χ0n) is 10.8. The molecule has 0 heterocycles. The molecule has 1 rings (SSSR count). The second-order valence-corrected chi connectivity index (χ2v) is 3.99. The molecule has 104 valence electrons. The number of likely N-dealkylation sites (N-methyl/N-ethyl adjacent to an activating group) is 1. The Morgan fingerprint density at radius 3 is 2.58 bits per heavy atom. The van der Waals surface area contributed by atoms with Crippen molar-refractivity contribution >= 4 is 11.9 Å². The maximum atomic E-state index is 13.3. The molecule has 1 aromatic carbocycles. The quantitative estimate of drug-likeness (QED) is 0.850. The Balaban J connectivity index is 2.60. The highest BCUT2D eigenvalue weighted by Crippen LogP contribution is 2.15. The van der Waals surface area contributed by atoms with Gasteiger partial charge in [-0.25, -0.2) is 9.18 Å². The van der Waals surface area contributed by atoms with E-state index in [1.165, 1.54) is 25.2 Å². The number of hydrogen-bond acceptors (Lipinski definition) is 3. The summed E-state index contributed by atoms with van der Waals surface area (Å²) in [5.74, 6) is -2.20. The Hall–Kier alpha value is -2.11. The van der Waals surface area contributed by atoms with Crippen LogP contribution in [0.3, 0.4) is 0 Å². The highest BCUT2D eigenvalue weighted by Gasteiger charge is 2.24. The van der Waals surface area contributed by atoms with Crippen LogP contribution >= 0.6 is 0 Å². The lowest BCUT2D eigenvalue weighted by Gasteiger charge is -2.23. The normalized spacial score (nSPS) is 11.7. The number of carbonyl (C=O) groups is 2. The summed E-state index contributed by atoms with van der Waals surface area (Å²) in [4.78, 5) is 23.7. The van der Waals surface area contributed by atoms with Crippen molar-refractivity contribution in [1.29, 1.82) is 0 Å². The summed E-state index contributed by atoms with van der Waals surface area (Å²) in [5, 5.41) is 8.93. The minimum absolute atomic E-state index is 0.0346. The van der Waals surface area contributed by atoms with Gasteiger partial charge in [0.15, 0.2) is 18.2 Å². The summed E-state index contributed by atoms with van der Waals surface area (Å²) >= 11 is 0. The molecule has 1 amide bonds. The average molecular weight is 269 g/mol. The molecule has 0 bridgehead atoms. The number of carboxylic acids is 1. The van der Waals surface area contributed by atoms with Gasteiger partial charge in [0.1, 0.15) is 6.04 Å². The first-order valence-electron chi connectivity index (χ1n) is 5.83. The topological polar surface area (TPSA) is 66.8 Å². The smallest absolute Gasteiger partial charge is 0.326 e. The minimum Gasteiger partial charge on any atom is -0.481 e. The molecule has 1 atom stereocenters. The van der Waals surface area contributed by atoms with Crippen LogP contribution in [0.4, 0.5) is 4.39 Å². The number of hydrogen-bond donors (Lipinski definition) is 1. The predicted octanol–water partition coefficient (Wildman–Crippen LogP) is 1.53. The highest BCUT2D eigenvalue weighted by molar-refractivity contribution is 5.84. The van der Waals surface area contributed by atoms with Gasteiger partial charge in [-0.3, -0.25) is 4.79 Å². The Labute approximate surface area is 110 Å². The Kier molecular flexibility index (Phi) is 5.29. The molecule has 19 heavy (non-hydrogen) atoms. The molecule has 0 saturated heterocycles. The summed E-state index contributed by atoms with van der Waals surface area (Å²) in [6.45, 7) is 1.27. The van der Waals surface area contributed by atoms with Crippen LogP contribution in [-0.4, -0.2) is 41.6 Å². The lowest BCUT2D eigenvalue weighted by Crippen LogP contribution is -2.44. The standard InChI is InChI=1S/C13H16FNO4/c1-3-10(13(17)18)15(2)12(16)8-19-11-7-5-4-6-9(11)14/h4-7,10H,3,8H2,1-2H3,(H,17,18). The van der Waals surface area contributed by atoms with Gasteiger partial charge in [-0.15, -0.1) is 0 Å². The van der Waals surface area contributed by atoms with Crippen LogP contribution in [0.1, 0.15) is 13.3 Å². The van der Waals surface area contributed by atoms with E-state index in [0.29, 0.717) is 0 Å². The molecule has 0 aromatic heterocycles. The summed E-state index contributed by atoms with van der Waals surface area (Å²) < 4.78 is 18.3. The lowest BCUT2D eigenvalue weighted by molar-refractivity contribution is -0.149. The second-order valence-electron chi connectivity index (χ2n) is 3.99. The summed E-state index contributed by atoms with van der Waals surface area (Å²) in [6, 6.07) is 4.80. The zero-order valence-corrected chi connectivity index (χ0v) is 10.8. The van der Waals surface area contributed by atoms with Crippen LogP contribution in [0, 0.1) is 5.82 Å². The SMILES string of the molecule is CCC(C(=O)O)N(C)C(=O)COc1ccccc1F. The van der Waals surface area contributed by atoms with Gasteiger partial charge in [0.2, 0.25) is 0 Å². The molecule has 1 N–H and O–H groups in total. The zero-order chi connectivity index (χ0) is 14.4. The fourth-order valence-electron chi connectivity index (χ4n) is 1.59. The first-order chi connectivity index (χ1) is 8.97. The van der Waals surface area contributed by atoms with Gasteiger partial charge >= 0.3 is 5.97 Å². The number of carboxylic acid groups (broad SMARTS) is 1. The fraction of sp³-hybridized carbons (Fsp3) is 0.385. The number of rotatable bonds is 6. The molecule has 6 heteroatoms. The molecule has 0 radical (unpaired) electrons. The lowest BCUT2D eigenvalue weighted by atomic mass is 10.2. The number of carbonyl (C=O) groups excluding carboxylic acids is 1. The Morgan fingerprint density at radius 1 is 1.42 bits per heavy atom.